The van der Waals surface area contributed by atoms with Gasteiger partial charge in [-0.05, 0) is 19.1 Å². The molecule has 0 aliphatic heterocycles. The van der Waals surface area contributed by atoms with Gasteiger partial charge in [-0.3, -0.25) is 0 Å². The average Bonchev–Trinajstić information content (AvgIpc) is 2.20. The summed E-state index contributed by atoms with van der Waals surface area (Å²) in [5.74, 6) is -0.0828. The Morgan fingerprint density at radius 3 is 2.71 bits per heavy atom. The van der Waals surface area contributed by atoms with Crippen LogP contribution in [0.15, 0.2) is 18.2 Å². The Balaban J connectivity index is 2.88. The zero-order valence-corrected chi connectivity index (χ0v) is 9.01. The van der Waals surface area contributed by atoms with Crippen LogP contribution in [0.2, 0.25) is 0 Å². The van der Waals surface area contributed by atoms with Crippen LogP contribution in [0.1, 0.15) is 6.92 Å². The van der Waals surface area contributed by atoms with Crippen LogP contribution in [0.5, 0.6) is 5.75 Å². The molecule has 0 bridgehead atoms. The van der Waals surface area contributed by atoms with Gasteiger partial charge in [0.1, 0.15) is 0 Å². The molecule has 1 aromatic rings. The normalized spacial score (nSPS) is 10.0. The van der Waals surface area contributed by atoms with E-state index in [2.05, 4.69) is 0 Å². The molecule has 0 aliphatic rings. The Labute approximate surface area is 88.2 Å². The summed E-state index contributed by atoms with van der Waals surface area (Å²) in [6, 6.07) is 5.12. The van der Waals surface area contributed by atoms with Crippen LogP contribution in [0.3, 0.4) is 0 Å². The fraction of sp³-hybridized carbons (Fsp3) is 0.400. The van der Waals surface area contributed by atoms with Gasteiger partial charge in [0.2, 0.25) is 0 Å². The van der Waals surface area contributed by atoms with Crippen LogP contribution < -0.4 is 9.64 Å². The molecule has 0 aliphatic carbocycles. The number of alkyl halides is 1. The summed E-state index contributed by atoms with van der Waals surface area (Å²) in [5.41, 5.74) is 0.737. The van der Waals surface area contributed by atoms with E-state index in [0.717, 1.165) is 5.69 Å². The van der Waals surface area contributed by atoms with Crippen molar-refractivity contribution in [2.45, 2.75) is 6.92 Å². The Morgan fingerprint density at radius 1 is 1.50 bits per heavy atom. The number of benzene rings is 1. The van der Waals surface area contributed by atoms with E-state index in [9.17, 15) is 4.39 Å². The van der Waals surface area contributed by atoms with E-state index in [1.165, 1.54) is 6.07 Å². The van der Waals surface area contributed by atoms with Crippen LogP contribution in [0, 0.1) is 5.82 Å². The molecule has 78 valence electrons. The highest BCUT2D eigenvalue weighted by Crippen LogP contribution is 2.23. The van der Waals surface area contributed by atoms with Gasteiger partial charge >= 0.3 is 0 Å². The summed E-state index contributed by atoms with van der Waals surface area (Å²) in [4.78, 5) is 1.74. The molecule has 0 spiro atoms. The van der Waals surface area contributed by atoms with Gasteiger partial charge in [-0.2, -0.15) is 0 Å². The van der Waals surface area contributed by atoms with Gasteiger partial charge in [-0.1, -0.05) is 0 Å². The number of ether oxygens (including phenoxy) is 1. The molecule has 0 fully saturated rings. The standard InChI is InChI=1S/C10H13ClFNO/c1-3-14-10-5-4-8(6-9(10)12)13(2)7-11/h4-6H,3,7H2,1-2H3. The highest BCUT2D eigenvalue weighted by molar-refractivity contribution is 6.18. The van der Waals surface area contributed by atoms with Crippen LogP contribution in [0.4, 0.5) is 10.1 Å². The Kier molecular flexibility index (Phi) is 4.01. The predicted molar refractivity (Wildman–Crippen MR) is 56.7 cm³/mol. The van der Waals surface area contributed by atoms with Crippen molar-refractivity contribution >= 4 is 17.3 Å². The van der Waals surface area contributed by atoms with Crippen LogP contribution in [-0.2, 0) is 0 Å². The van der Waals surface area contributed by atoms with Gasteiger partial charge in [0.15, 0.2) is 11.6 Å². The molecule has 0 N–H and O–H groups in total. The maximum absolute atomic E-state index is 13.3. The minimum atomic E-state index is -0.360. The highest BCUT2D eigenvalue weighted by atomic mass is 35.5. The molecule has 14 heavy (non-hydrogen) atoms. The number of nitrogens with zero attached hydrogens (tertiary/aromatic N) is 1. The second kappa shape index (κ2) is 5.05. The average molecular weight is 218 g/mol. The van der Waals surface area contributed by atoms with E-state index in [-0.39, 0.29) is 11.6 Å². The Morgan fingerprint density at radius 2 is 2.21 bits per heavy atom. The van der Waals surface area contributed by atoms with E-state index in [0.29, 0.717) is 12.6 Å². The summed E-state index contributed by atoms with van der Waals surface area (Å²) in [6.45, 7) is 2.28. The lowest BCUT2D eigenvalue weighted by Crippen LogP contribution is -2.14. The minimum Gasteiger partial charge on any atom is -0.491 e. The number of halogens is 2. The van der Waals surface area contributed by atoms with Gasteiger partial charge in [0.05, 0.1) is 12.6 Å². The molecule has 2 nitrogen and oxygen atoms in total. The molecule has 0 unspecified atom stereocenters. The molecule has 0 amide bonds. The topological polar surface area (TPSA) is 12.5 Å². The van der Waals surface area contributed by atoms with Gasteiger partial charge in [0, 0.05) is 18.8 Å². The van der Waals surface area contributed by atoms with Crippen LogP contribution in [0.25, 0.3) is 0 Å². The zero-order chi connectivity index (χ0) is 10.6. The molecule has 0 saturated carbocycles. The van der Waals surface area contributed by atoms with Crippen LogP contribution >= 0.6 is 11.6 Å². The molecule has 1 rings (SSSR count). The summed E-state index contributed by atoms with van der Waals surface area (Å²) in [7, 11) is 1.79. The SMILES string of the molecule is CCOc1ccc(N(C)CCl)cc1F. The molecular formula is C10H13ClFNO. The lowest BCUT2D eigenvalue weighted by Gasteiger charge is -2.16. The van der Waals surface area contributed by atoms with E-state index in [1.54, 1.807) is 24.1 Å². The van der Waals surface area contributed by atoms with Crippen molar-refractivity contribution < 1.29 is 9.13 Å². The fourth-order valence-electron chi connectivity index (χ4n) is 1.07. The van der Waals surface area contributed by atoms with Gasteiger partial charge in [-0.15, -0.1) is 11.6 Å². The molecule has 0 saturated heterocycles. The third-order valence-corrected chi connectivity index (χ3v) is 2.19. The first-order valence-electron chi connectivity index (χ1n) is 4.38. The first kappa shape index (κ1) is 11.1. The number of hydrogen-bond acceptors (Lipinski definition) is 2. The number of hydrogen-bond donors (Lipinski definition) is 0. The van der Waals surface area contributed by atoms with Gasteiger partial charge in [-0.25, -0.2) is 4.39 Å². The van der Waals surface area contributed by atoms with Crippen molar-refractivity contribution in [3.63, 3.8) is 0 Å². The molecule has 0 atom stereocenters. The van der Waals surface area contributed by atoms with Crippen molar-refractivity contribution in [1.29, 1.82) is 0 Å². The van der Waals surface area contributed by atoms with Crippen molar-refractivity contribution in [1.82, 2.24) is 0 Å². The van der Waals surface area contributed by atoms with Crippen LogP contribution in [-0.4, -0.2) is 19.7 Å². The Bertz CT molecular complexity index is 306. The molecular weight excluding hydrogens is 205 g/mol. The summed E-state index contributed by atoms with van der Waals surface area (Å²) < 4.78 is 18.4. The van der Waals surface area contributed by atoms with Gasteiger partial charge < -0.3 is 9.64 Å². The van der Waals surface area contributed by atoms with Crippen molar-refractivity contribution in [2.24, 2.45) is 0 Å². The maximum Gasteiger partial charge on any atom is 0.167 e. The van der Waals surface area contributed by atoms with Crippen molar-refractivity contribution in [2.75, 3.05) is 24.6 Å². The molecule has 0 radical (unpaired) electrons. The zero-order valence-electron chi connectivity index (χ0n) is 8.26. The first-order chi connectivity index (χ1) is 6.69. The lowest BCUT2D eigenvalue weighted by molar-refractivity contribution is 0.321. The van der Waals surface area contributed by atoms with E-state index < -0.39 is 0 Å². The molecule has 0 aromatic heterocycles. The molecule has 1 aromatic carbocycles. The van der Waals surface area contributed by atoms with E-state index in [4.69, 9.17) is 16.3 Å². The monoisotopic (exact) mass is 217 g/mol. The number of rotatable bonds is 4. The van der Waals surface area contributed by atoms with Gasteiger partial charge in [0.25, 0.3) is 0 Å². The second-order valence-corrected chi connectivity index (χ2v) is 3.10. The Hall–Kier alpha value is -0.960. The molecule has 0 heterocycles. The molecule has 4 heteroatoms. The van der Waals surface area contributed by atoms with E-state index in [1.807, 2.05) is 6.92 Å². The number of anilines is 1. The maximum atomic E-state index is 13.3. The third-order valence-electron chi connectivity index (χ3n) is 1.84. The smallest absolute Gasteiger partial charge is 0.167 e. The predicted octanol–water partition coefficient (Wildman–Crippen LogP) is 2.86. The lowest BCUT2D eigenvalue weighted by atomic mass is 10.3. The summed E-state index contributed by atoms with van der Waals surface area (Å²) in [5, 5.41) is 0. The van der Waals surface area contributed by atoms with E-state index >= 15 is 0 Å². The second-order valence-electron chi connectivity index (χ2n) is 2.87. The van der Waals surface area contributed by atoms with Crippen molar-refractivity contribution in [3.05, 3.63) is 24.0 Å². The quantitative estimate of drug-likeness (QED) is 0.568. The summed E-state index contributed by atoms with van der Waals surface area (Å²) >= 11 is 5.61. The first-order valence-corrected chi connectivity index (χ1v) is 4.92. The third kappa shape index (κ3) is 2.51. The largest absolute Gasteiger partial charge is 0.491 e. The van der Waals surface area contributed by atoms with Crippen molar-refractivity contribution in [3.8, 4) is 5.75 Å². The highest BCUT2D eigenvalue weighted by Gasteiger charge is 2.06. The summed E-state index contributed by atoms with van der Waals surface area (Å²) in [6.07, 6.45) is 0. The minimum absolute atomic E-state index is 0.277. The fourth-order valence-corrected chi connectivity index (χ4v) is 1.21.